The van der Waals surface area contributed by atoms with Crippen LogP contribution in [-0.4, -0.2) is 22.0 Å². The van der Waals surface area contributed by atoms with Crippen LogP contribution in [0.3, 0.4) is 0 Å². The van der Waals surface area contributed by atoms with Crippen LogP contribution in [0.15, 0.2) is 221 Å². The fourth-order valence-corrected chi connectivity index (χ4v) is 13.9. The second-order valence-corrected chi connectivity index (χ2v) is 20.8. The Morgan fingerprint density at radius 1 is 0.618 bits per heavy atom. The van der Waals surface area contributed by atoms with E-state index in [0.29, 0.717) is 11.8 Å². The fourth-order valence-electron chi connectivity index (χ4n) is 12.4. The molecule has 68 heavy (non-hydrogen) atoms. The first-order valence-corrected chi connectivity index (χ1v) is 26.2. The van der Waals surface area contributed by atoms with E-state index in [-0.39, 0.29) is 29.5 Å². The minimum atomic E-state index is -0.323. The second kappa shape index (κ2) is 17.9. The van der Waals surface area contributed by atoms with Gasteiger partial charge in [0.15, 0.2) is 0 Å². The van der Waals surface area contributed by atoms with Crippen molar-refractivity contribution in [1.29, 1.82) is 0 Å². The predicted molar refractivity (Wildman–Crippen MR) is 284 cm³/mol. The van der Waals surface area contributed by atoms with E-state index in [4.69, 9.17) is 4.99 Å². The van der Waals surface area contributed by atoms with E-state index >= 15 is 0 Å². The van der Waals surface area contributed by atoms with Gasteiger partial charge in [0.05, 0.1) is 6.04 Å². The van der Waals surface area contributed by atoms with Gasteiger partial charge in [-0.15, -0.1) is 11.8 Å². The highest BCUT2D eigenvalue weighted by Gasteiger charge is 2.51. The van der Waals surface area contributed by atoms with Crippen LogP contribution in [0.4, 0.5) is 0 Å². The highest BCUT2D eigenvalue weighted by atomic mass is 32.2. The van der Waals surface area contributed by atoms with Crippen LogP contribution in [0.2, 0.25) is 0 Å². The van der Waals surface area contributed by atoms with E-state index in [0.717, 1.165) is 62.8 Å². The molecule has 2 N–H and O–H groups in total. The molecule has 4 aromatic carbocycles. The maximum atomic E-state index is 5.65. The smallest absolute Gasteiger partial charge is 0.131 e. The van der Waals surface area contributed by atoms with Crippen LogP contribution in [0.25, 0.3) is 22.3 Å². The maximum Gasteiger partial charge on any atom is 0.131 e. The number of thioether (sulfide) groups is 1. The molecule has 5 heteroatoms. The van der Waals surface area contributed by atoms with Crippen molar-refractivity contribution in [3.05, 3.63) is 249 Å². The van der Waals surface area contributed by atoms with E-state index in [1.807, 2.05) is 0 Å². The summed E-state index contributed by atoms with van der Waals surface area (Å²) in [4.78, 5) is 9.83. The van der Waals surface area contributed by atoms with E-state index < -0.39 is 0 Å². The number of likely N-dealkylation sites (tertiary alicyclic amines) is 1. The van der Waals surface area contributed by atoms with Crippen molar-refractivity contribution in [2.24, 2.45) is 16.8 Å². The monoisotopic (exact) mass is 902 g/mol. The summed E-state index contributed by atoms with van der Waals surface area (Å²) in [6, 6.07) is 36.5. The van der Waals surface area contributed by atoms with Gasteiger partial charge < -0.3 is 10.2 Å². The molecule has 7 unspecified atom stereocenters. The molecule has 3 heterocycles. The summed E-state index contributed by atoms with van der Waals surface area (Å²) in [6.07, 6.45) is 46.1. The molecule has 4 nitrogen and oxygen atoms in total. The molecule has 0 saturated carbocycles. The SMILES string of the molecule is C1=CC2C3=C(C=CC4C5=CCCC=C5N(C5=CCCC=C5)C34)SC2C(c2ccc(-c3cc(C4CC=CCC4)ccc3C3=CCCC=C3)cc2C2N=C(c3ccccc3)NC(c3ccccc3)N2)=C1. The normalized spacial score (nSPS) is 27.8. The maximum absolute atomic E-state index is 5.65. The Kier molecular flexibility index (Phi) is 11.0. The Balaban J connectivity index is 0.955. The average molecular weight is 903 g/mol. The number of rotatable bonds is 8. The Labute approximate surface area is 406 Å². The van der Waals surface area contributed by atoms with Gasteiger partial charge in [-0.05, 0) is 137 Å². The van der Waals surface area contributed by atoms with Crippen molar-refractivity contribution in [3.8, 4) is 11.1 Å². The lowest BCUT2D eigenvalue weighted by molar-refractivity contribution is 0.360. The molecule has 6 aliphatic carbocycles. The molecule has 7 atom stereocenters. The number of aliphatic imine (C=N–C) groups is 1. The lowest BCUT2D eigenvalue weighted by Crippen LogP contribution is -2.45. The van der Waals surface area contributed by atoms with Crippen molar-refractivity contribution in [2.75, 3.05) is 0 Å². The van der Waals surface area contributed by atoms with E-state index in [1.165, 1.54) is 78.4 Å². The van der Waals surface area contributed by atoms with E-state index in [9.17, 15) is 0 Å². The van der Waals surface area contributed by atoms with E-state index in [1.54, 1.807) is 5.57 Å². The molecule has 1 saturated heterocycles. The Bertz CT molecular complexity index is 3060. The highest BCUT2D eigenvalue weighted by molar-refractivity contribution is 8.04. The van der Waals surface area contributed by atoms with Gasteiger partial charge in [-0.1, -0.05) is 176 Å². The van der Waals surface area contributed by atoms with Crippen LogP contribution in [-0.2, 0) is 0 Å². The van der Waals surface area contributed by atoms with Crippen molar-refractivity contribution < 1.29 is 0 Å². The number of amidine groups is 1. The van der Waals surface area contributed by atoms with Crippen molar-refractivity contribution >= 4 is 28.7 Å². The molecular weight excluding hydrogens is 845 g/mol. The number of allylic oxidation sites excluding steroid dienone is 16. The first-order chi connectivity index (χ1) is 33.7. The van der Waals surface area contributed by atoms with Crippen LogP contribution in [0.1, 0.15) is 109 Å². The summed E-state index contributed by atoms with van der Waals surface area (Å²) in [5.74, 6) is 2.06. The quantitative estimate of drug-likeness (QED) is 0.173. The Morgan fingerprint density at radius 3 is 2.26 bits per heavy atom. The zero-order valence-corrected chi connectivity index (χ0v) is 39.4. The van der Waals surface area contributed by atoms with Gasteiger partial charge in [0.2, 0.25) is 0 Å². The molecular formula is C63H58N4S. The van der Waals surface area contributed by atoms with Gasteiger partial charge >= 0.3 is 0 Å². The third-order valence-electron chi connectivity index (χ3n) is 15.7. The standard InChI is InChI=1S/C63H58N4S/c1-6-19-41(20-7-1)45-33-35-48(42-21-8-2-9-22-42)54(39-45)46-34-36-49(55(40-46)63-65-61(43-23-10-3-11-24-43)64-62(66-63)44-25-12-4-13-26-44)52-30-18-31-53-58-57(68-60(52)53)38-37-51-50-29-16-17-32-56(50)67(59(51)58)47-27-14-5-15-28-47/h1,3-4,6,8,10-14,18,21-41,51,53,59-61,63,65H,2,5,7,9,15-17,19-20H2,(H,64,66). The molecule has 0 radical (unpaired) electrons. The average Bonchev–Trinajstić information content (AvgIpc) is 3.98. The first kappa shape index (κ1) is 41.8. The molecule has 0 amide bonds. The van der Waals surface area contributed by atoms with Crippen molar-refractivity contribution in [2.45, 2.75) is 87.3 Å². The molecule has 13 rings (SSSR count). The first-order valence-electron chi connectivity index (χ1n) is 25.3. The summed E-state index contributed by atoms with van der Waals surface area (Å²) >= 11 is 2.08. The molecule has 3 aliphatic heterocycles. The molecule has 9 aliphatic rings. The molecule has 1 fully saturated rings. The second-order valence-electron chi connectivity index (χ2n) is 19.7. The molecule has 4 aromatic rings. The topological polar surface area (TPSA) is 39.7 Å². The zero-order chi connectivity index (χ0) is 45.0. The number of fused-ring (bicyclic) bond motifs is 6. The third-order valence-corrected chi connectivity index (χ3v) is 17.1. The minimum Gasteiger partial charge on any atom is -0.350 e. The predicted octanol–water partition coefficient (Wildman–Crippen LogP) is 14.9. The number of hydrogen-bond acceptors (Lipinski definition) is 5. The van der Waals surface area contributed by atoms with Gasteiger partial charge in [-0.25, -0.2) is 4.99 Å². The summed E-state index contributed by atoms with van der Waals surface area (Å²) in [6.45, 7) is 0. The summed E-state index contributed by atoms with van der Waals surface area (Å²) in [5, 5.41) is 8.12. The Hall–Kier alpha value is -6.40. The molecule has 0 aromatic heterocycles. The lowest BCUT2D eigenvalue weighted by Gasteiger charge is -2.37. The molecule has 336 valence electrons. The highest BCUT2D eigenvalue weighted by Crippen LogP contribution is 2.60. The van der Waals surface area contributed by atoms with Gasteiger partial charge in [0, 0.05) is 38.9 Å². The lowest BCUT2D eigenvalue weighted by atomic mass is 9.75. The fraction of sp³-hybridized carbons (Fsp3) is 0.254. The van der Waals surface area contributed by atoms with Crippen LogP contribution >= 0.6 is 11.8 Å². The van der Waals surface area contributed by atoms with Crippen LogP contribution in [0, 0.1) is 11.8 Å². The minimum absolute atomic E-state index is 0.144. The van der Waals surface area contributed by atoms with Gasteiger partial charge in [-0.2, -0.15) is 0 Å². The van der Waals surface area contributed by atoms with Crippen molar-refractivity contribution in [1.82, 2.24) is 15.5 Å². The molecule has 0 spiro atoms. The number of nitrogens with zero attached hydrogens (tertiary/aromatic N) is 2. The summed E-state index contributed by atoms with van der Waals surface area (Å²) in [7, 11) is 0. The number of nitrogens with one attached hydrogen (secondary N) is 2. The van der Waals surface area contributed by atoms with Gasteiger partial charge in [-0.3, -0.25) is 5.32 Å². The van der Waals surface area contributed by atoms with Crippen LogP contribution < -0.4 is 10.6 Å². The zero-order valence-electron chi connectivity index (χ0n) is 38.6. The summed E-state index contributed by atoms with van der Waals surface area (Å²) < 4.78 is 0. The van der Waals surface area contributed by atoms with Gasteiger partial charge in [0.1, 0.15) is 18.2 Å². The van der Waals surface area contributed by atoms with Crippen molar-refractivity contribution in [3.63, 3.8) is 0 Å². The summed E-state index contributed by atoms with van der Waals surface area (Å²) in [5.41, 5.74) is 18.7. The largest absolute Gasteiger partial charge is 0.350 e. The third kappa shape index (κ3) is 7.46. The number of benzene rings is 4. The number of hydrogen-bond donors (Lipinski definition) is 2. The van der Waals surface area contributed by atoms with Gasteiger partial charge in [0.25, 0.3) is 0 Å². The molecule has 0 bridgehead atoms. The Morgan fingerprint density at radius 2 is 1.44 bits per heavy atom. The van der Waals surface area contributed by atoms with E-state index in [2.05, 4.69) is 215 Å². The van der Waals surface area contributed by atoms with Crippen LogP contribution in [0.5, 0.6) is 0 Å².